The first-order valence-electron chi connectivity index (χ1n) is 5.85. The molecule has 0 atom stereocenters. The molecular weight excluding hydrogens is 328 g/mol. The lowest BCUT2D eigenvalue weighted by atomic mass is 10.2. The molecule has 0 aliphatic heterocycles. The van der Waals surface area contributed by atoms with Crippen molar-refractivity contribution in [1.82, 2.24) is 0 Å². The third kappa shape index (κ3) is 3.14. The third-order valence-electron chi connectivity index (χ3n) is 2.59. The summed E-state index contributed by atoms with van der Waals surface area (Å²) >= 11 is 9.50. The van der Waals surface area contributed by atoms with Gasteiger partial charge in [0.15, 0.2) is 0 Å². The van der Waals surface area contributed by atoms with Gasteiger partial charge in [-0.25, -0.2) is 0 Å². The molecule has 100 valence electrons. The number of nitrogens with two attached hydrogens (primary N) is 1. The van der Waals surface area contributed by atoms with Gasteiger partial charge in [0.05, 0.1) is 33.2 Å². The van der Waals surface area contributed by atoms with Crippen LogP contribution in [0.4, 0.5) is 17.1 Å². The molecule has 2 aromatic carbocycles. The Kier molecular flexibility index (Phi) is 4.56. The SMILES string of the molecule is CCOc1cccc(Nc2cccc(Cl)c2Br)c1N. The van der Waals surface area contributed by atoms with E-state index in [0.717, 1.165) is 15.8 Å². The minimum absolute atomic E-state index is 0.578. The van der Waals surface area contributed by atoms with Crippen LogP contribution in [0.1, 0.15) is 6.92 Å². The van der Waals surface area contributed by atoms with Gasteiger partial charge in [0.2, 0.25) is 0 Å². The second-order valence-electron chi connectivity index (χ2n) is 3.88. The predicted molar refractivity (Wildman–Crippen MR) is 84.5 cm³/mol. The van der Waals surface area contributed by atoms with Crippen molar-refractivity contribution < 1.29 is 4.74 Å². The molecule has 0 fully saturated rings. The standard InChI is InChI=1S/C14H14BrClN2O/c1-2-19-12-8-4-7-11(14(12)17)18-10-6-3-5-9(16)13(10)15/h3-8,18H,2,17H2,1H3. The Morgan fingerprint density at radius 2 is 1.89 bits per heavy atom. The van der Waals surface area contributed by atoms with Crippen molar-refractivity contribution in [1.29, 1.82) is 0 Å². The molecule has 3 N–H and O–H groups in total. The van der Waals surface area contributed by atoms with Gasteiger partial charge in [-0.2, -0.15) is 0 Å². The molecule has 2 aromatic rings. The van der Waals surface area contributed by atoms with Crippen LogP contribution in [-0.4, -0.2) is 6.61 Å². The lowest BCUT2D eigenvalue weighted by Gasteiger charge is -2.14. The van der Waals surface area contributed by atoms with Gasteiger partial charge in [-0.15, -0.1) is 0 Å². The van der Waals surface area contributed by atoms with E-state index in [4.69, 9.17) is 22.1 Å². The van der Waals surface area contributed by atoms with E-state index in [9.17, 15) is 0 Å². The predicted octanol–water partition coefficient (Wildman–Crippen LogP) is 4.83. The van der Waals surface area contributed by atoms with Crippen molar-refractivity contribution >= 4 is 44.6 Å². The molecule has 0 saturated carbocycles. The minimum atomic E-state index is 0.578. The normalized spacial score (nSPS) is 10.3. The van der Waals surface area contributed by atoms with Crippen LogP contribution in [0.2, 0.25) is 5.02 Å². The van der Waals surface area contributed by atoms with Gasteiger partial charge in [-0.3, -0.25) is 0 Å². The highest BCUT2D eigenvalue weighted by Gasteiger charge is 2.08. The molecule has 0 saturated heterocycles. The number of nitrogens with one attached hydrogen (secondary N) is 1. The van der Waals surface area contributed by atoms with Crippen LogP contribution >= 0.6 is 27.5 Å². The molecule has 0 unspecified atom stereocenters. The van der Waals surface area contributed by atoms with E-state index in [1.54, 1.807) is 0 Å². The Bertz CT molecular complexity index is 590. The average molecular weight is 342 g/mol. The fourth-order valence-corrected chi connectivity index (χ4v) is 2.22. The van der Waals surface area contributed by atoms with Gasteiger partial charge >= 0.3 is 0 Å². The maximum absolute atomic E-state index is 6.07. The zero-order valence-corrected chi connectivity index (χ0v) is 12.8. The number of ether oxygens (including phenoxy) is 1. The molecule has 0 aliphatic carbocycles. The summed E-state index contributed by atoms with van der Waals surface area (Å²) in [7, 11) is 0. The van der Waals surface area contributed by atoms with Crippen LogP contribution in [0.25, 0.3) is 0 Å². The molecule has 0 heterocycles. The monoisotopic (exact) mass is 340 g/mol. The number of rotatable bonds is 4. The van der Waals surface area contributed by atoms with E-state index < -0.39 is 0 Å². The van der Waals surface area contributed by atoms with Crippen LogP contribution in [0.5, 0.6) is 5.75 Å². The van der Waals surface area contributed by atoms with E-state index in [2.05, 4.69) is 21.2 Å². The lowest BCUT2D eigenvalue weighted by Crippen LogP contribution is -2.01. The van der Waals surface area contributed by atoms with E-state index in [0.29, 0.717) is 23.1 Å². The Hall–Kier alpha value is -1.39. The van der Waals surface area contributed by atoms with Crippen LogP contribution in [0.3, 0.4) is 0 Å². The van der Waals surface area contributed by atoms with Crippen LogP contribution in [0.15, 0.2) is 40.9 Å². The molecule has 0 spiro atoms. The Morgan fingerprint density at radius 1 is 1.21 bits per heavy atom. The summed E-state index contributed by atoms with van der Waals surface area (Å²) in [6.45, 7) is 2.50. The number of anilines is 3. The van der Waals surface area contributed by atoms with E-state index in [1.807, 2.05) is 43.3 Å². The van der Waals surface area contributed by atoms with E-state index in [-0.39, 0.29) is 0 Å². The summed E-state index contributed by atoms with van der Waals surface area (Å²) in [5.74, 6) is 0.672. The Morgan fingerprint density at radius 3 is 2.63 bits per heavy atom. The van der Waals surface area contributed by atoms with E-state index in [1.165, 1.54) is 0 Å². The summed E-state index contributed by atoms with van der Waals surface area (Å²) < 4.78 is 6.27. The number of benzene rings is 2. The van der Waals surface area contributed by atoms with Crippen molar-refractivity contribution in [2.75, 3.05) is 17.7 Å². The van der Waals surface area contributed by atoms with Crippen molar-refractivity contribution in [3.05, 3.63) is 45.9 Å². The van der Waals surface area contributed by atoms with Gasteiger partial charge in [-0.1, -0.05) is 23.7 Å². The minimum Gasteiger partial charge on any atom is -0.492 e. The van der Waals surface area contributed by atoms with Crippen molar-refractivity contribution in [2.45, 2.75) is 6.92 Å². The molecule has 0 amide bonds. The highest BCUT2D eigenvalue weighted by molar-refractivity contribution is 9.10. The molecule has 5 heteroatoms. The van der Waals surface area contributed by atoms with Gasteiger partial charge in [0.1, 0.15) is 5.75 Å². The zero-order valence-electron chi connectivity index (χ0n) is 10.4. The topological polar surface area (TPSA) is 47.3 Å². The zero-order chi connectivity index (χ0) is 13.8. The number of hydrogen-bond donors (Lipinski definition) is 2. The van der Waals surface area contributed by atoms with Crippen molar-refractivity contribution in [2.24, 2.45) is 0 Å². The van der Waals surface area contributed by atoms with Gasteiger partial charge in [-0.05, 0) is 47.1 Å². The third-order valence-corrected chi connectivity index (χ3v) is 3.98. The van der Waals surface area contributed by atoms with Crippen molar-refractivity contribution in [3.8, 4) is 5.75 Å². The van der Waals surface area contributed by atoms with Gasteiger partial charge in [0.25, 0.3) is 0 Å². The second-order valence-corrected chi connectivity index (χ2v) is 5.08. The second kappa shape index (κ2) is 6.17. The molecule has 0 bridgehead atoms. The highest BCUT2D eigenvalue weighted by atomic mass is 79.9. The molecule has 2 rings (SSSR count). The fourth-order valence-electron chi connectivity index (χ4n) is 1.68. The lowest BCUT2D eigenvalue weighted by molar-refractivity contribution is 0.342. The van der Waals surface area contributed by atoms with E-state index >= 15 is 0 Å². The van der Waals surface area contributed by atoms with Gasteiger partial charge < -0.3 is 15.8 Å². The molecule has 0 aliphatic rings. The first-order chi connectivity index (χ1) is 9.13. The molecular formula is C14H14BrClN2O. The smallest absolute Gasteiger partial charge is 0.144 e. The summed E-state index contributed by atoms with van der Waals surface area (Å²) in [5.41, 5.74) is 8.29. The first-order valence-corrected chi connectivity index (χ1v) is 7.03. The van der Waals surface area contributed by atoms with Crippen LogP contribution < -0.4 is 15.8 Å². The molecule has 19 heavy (non-hydrogen) atoms. The Labute approximate surface area is 125 Å². The summed E-state index contributed by atoms with van der Waals surface area (Å²) in [6, 6.07) is 11.2. The number of para-hydroxylation sites is 1. The molecule has 0 aromatic heterocycles. The molecule has 3 nitrogen and oxygen atoms in total. The summed E-state index contributed by atoms with van der Waals surface area (Å²) in [4.78, 5) is 0. The largest absolute Gasteiger partial charge is 0.492 e. The summed E-state index contributed by atoms with van der Waals surface area (Å²) in [5, 5.41) is 3.89. The van der Waals surface area contributed by atoms with Crippen LogP contribution in [0, 0.1) is 0 Å². The van der Waals surface area contributed by atoms with Crippen LogP contribution in [-0.2, 0) is 0 Å². The Balaban J connectivity index is 2.33. The quantitative estimate of drug-likeness (QED) is 0.783. The fraction of sp³-hybridized carbons (Fsp3) is 0.143. The first kappa shape index (κ1) is 14.0. The number of halogens is 2. The highest BCUT2D eigenvalue weighted by Crippen LogP contribution is 2.36. The number of hydrogen-bond acceptors (Lipinski definition) is 3. The average Bonchev–Trinajstić information content (AvgIpc) is 2.40. The maximum atomic E-state index is 6.07. The summed E-state index contributed by atoms with van der Waals surface area (Å²) in [6.07, 6.45) is 0. The van der Waals surface area contributed by atoms with Gasteiger partial charge in [0, 0.05) is 0 Å². The molecule has 0 radical (unpaired) electrons. The van der Waals surface area contributed by atoms with Crippen molar-refractivity contribution in [3.63, 3.8) is 0 Å². The number of nitrogen functional groups attached to an aromatic ring is 1. The maximum Gasteiger partial charge on any atom is 0.144 e.